The molecule has 0 saturated carbocycles. The third-order valence-electron chi connectivity index (χ3n) is 5.26. The highest BCUT2D eigenvalue weighted by atomic mass is 35.5. The Labute approximate surface area is 219 Å². The van der Waals surface area contributed by atoms with Gasteiger partial charge in [0.15, 0.2) is 0 Å². The lowest BCUT2D eigenvalue weighted by atomic mass is 10.1. The van der Waals surface area contributed by atoms with E-state index >= 15 is 0 Å². The van der Waals surface area contributed by atoms with Gasteiger partial charge in [-0.1, -0.05) is 47.5 Å². The molecule has 11 heteroatoms. The number of aliphatic carboxylic acids is 1. The maximum atomic E-state index is 12.8. The van der Waals surface area contributed by atoms with Crippen molar-refractivity contribution in [3.05, 3.63) is 82.3 Å². The van der Waals surface area contributed by atoms with Gasteiger partial charge in [-0.25, -0.2) is 8.42 Å². The molecule has 0 radical (unpaired) electrons. The number of nitrogens with one attached hydrogen (secondary N) is 2. The fourth-order valence-corrected chi connectivity index (χ4v) is 4.95. The Morgan fingerprint density at radius 1 is 0.944 bits per heavy atom. The summed E-state index contributed by atoms with van der Waals surface area (Å²) in [6.45, 7) is 0.134. The number of carboxylic acids is 1. The molecule has 1 amide bonds. The van der Waals surface area contributed by atoms with Gasteiger partial charge in [-0.3, -0.25) is 9.59 Å². The Morgan fingerprint density at radius 2 is 1.56 bits per heavy atom. The van der Waals surface area contributed by atoms with Gasteiger partial charge >= 0.3 is 5.97 Å². The molecule has 3 rings (SSSR count). The van der Waals surface area contributed by atoms with Crippen molar-refractivity contribution in [1.82, 2.24) is 10.0 Å². The second kappa shape index (κ2) is 12.2. The summed E-state index contributed by atoms with van der Waals surface area (Å²) in [4.78, 5) is 24.0. The lowest BCUT2D eigenvalue weighted by Crippen LogP contribution is -2.41. The summed E-state index contributed by atoms with van der Waals surface area (Å²) < 4.78 is 32.9. The van der Waals surface area contributed by atoms with Crippen molar-refractivity contribution in [1.29, 1.82) is 0 Å². The van der Waals surface area contributed by atoms with Crippen LogP contribution in [0, 0.1) is 0 Å². The first-order valence-corrected chi connectivity index (χ1v) is 13.1. The monoisotopic (exact) mass is 550 g/mol. The fraction of sp³-hybridized carbons (Fsp3) is 0.200. The number of carboxylic acid groups (broad SMARTS) is 1. The van der Waals surface area contributed by atoms with E-state index in [2.05, 4.69) is 10.0 Å². The van der Waals surface area contributed by atoms with Gasteiger partial charge in [0.1, 0.15) is 11.8 Å². The second-order valence-electron chi connectivity index (χ2n) is 7.82. The van der Waals surface area contributed by atoms with E-state index in [1.807, 2.05) is 12.1 Å². The topological polar surface area (TPSA) is 122 Å². The summed E-state index contributed by atoms with van der Waals surface area (Å²) in [7, 11) is -2.63. The van der Waals surface area contributed by atoms with Crippen LogP contribution >= 0.6 is 23.2 Å². The maximum absolute atomic E-state index is 12.8. The smallest absolute Gasteiger partial charge is 0.321 e. The van der Waals surface area contributed by atoms with Gasteiger partial charge in [0.2, 0.25) is 10.0 Å². The SMILES string of the molecule is COc1cc(Cl)cc(C(=O)NCCCC(NS(=O)(=O)c2ccc(-c3ccc(Cl)cc3)cc2)C(=O)O)c1. The molecule has 0 aliphatic carbocycles. The standard InChI is InChI=1S/C25H24Cl2N2O6S/c1-35-21-14-18(13-20(27)15-21)24(30)28-12-2-3-23(25(31)32)29-36(33,34)22-10-6-17(7-11-22)16-4-8-19(26)9-5-16/h4-11,13-15,23,29H,2-3,12H2,1H3,(H,28,30)(H,31,32). The molecule has 0 spiro atoms. The quantitative estimate of drug-likeness (QED) is 0.299. The first kappa shape index (κ1) is 27.5. The highest BCUT2D eigenvalue weighted by Gasteiger charge is 2.25. The molecular weight excluding hydrogens is 527 g/mol. The van der Waals surface area contributed by atoms with E-state index in [0.29, 0.717) is 15.8 Å². The zero-order chi connectivity index (χ0) is 26.3. The van der Waals surface area contributed by atoms with Crippen LogP contribution in [0.25, 0.3) is 11.1 Å². The number of halogens is 2. The predicted molar refractivity (Wildman–Crippen MR) is 138 cm³/mol. The van der Waals surface area contributed by atoms with E-state index in [1.54, 1.807) is 30.3 Å². The van der Waals surface area contributed by atoms with Crippen LogP contribution in [0.4, 0.5) is 0 Å². The zero-order valence-electron chi connectivity index (χ0n) is 19.2. The first-order chi connectivity index (χ1) is 17.1. The highest BCUT2D eigenvalue weighted by molar-refractivity contribution is 7.89. The van der Waals surface area contributed by atoms with E-state index in [9.17, 15) is 23.1 Å². The van der Waals surface area contributed by atoms with Crippen molar-refractivity contribution >= 4 is 45.1 Å². The number of methoxy groups -OCH3 is 1. The Balaban J connectivity index is 1.58. The van der Waals surface area contributed by atoms with Crippen molar-refractivity contribution in [2.45, 2.75) is 23.8 Å². The maximum Gasteiger partial charge on any atom is 0.321 e. The van der Waals surface area contributed by atoms with E-state index in [0.717, 1.165) is 11.1 Å². The largest absolute Gasteiger partial charge is 0.497 e. The molecular formula is C25H24Cl2N2O6S. The van der Waals surface area contributed by atoms with Crippen LogP contribution in [0.1, 0.15) is 23.2 Å². The summed E-state index contributed by atoms with van der Waals surface area (Å²) in [5, 5.41) is 13.1. The Hall–Kier alpha value is -3.11. The van der Waals surface area contributed by atoms with Gasteiger partial charge in [0.05, 0.1) is 12.0 Å². The minimum absolute atomic E-state index is 0.0312. The molecule has 1 atom stereocenters. The number of benzene rings is 3. The Kier molecular flexibility index (Phi) is 9.33. The van der Waals surface area contributed by atoms with Crippen LogP contribution in [-0.4, -0.2) is 45.1 Å². The Morgan fingerprint density at radius 3 is 2.14 bits per heavy atom. The van der Waals surface area contributed by atoms with Gasteiger partial charge in [-0.05, 0) is 66.4 Å². The van der Waals surface area contributed by atoms with Crippen LogP contribution in [-0.2, 0) is 14.8 Å². The number of amides is 1. The lowest BCUT2D eigenvalue weighted by molar-refractivity contribution is -0.139. The van der Waals surface area contributed by atoms with Gasteiger partial charge in [0, 0.05) is 22.2 Å². The molecule has 3 aromatic carbocycles. The minimum atomic E-state index is -4.09. The van der Waals surface area contributed by atoms with E-state index in [-0.39, 0.29) is 29.8 Å². The van der Waals surface area contributed by atoms with Crippen LogP contribution in [0.15, 0.2) is 71.6 Å². The average Bonchev–Trinajstić information content (AvgIpc) is 2.85. The molecule has 0 saturated heterocycles. The summed E-state index contributed by atoms with van der Waals surface area (Å²) in [6.07, 6.45) is 0.189. The lowest BCUT2D eigenvalue weighted by Gasteiger charge is -2.15. The number of hydrogen-bond donors (Lipinski definition) is 3. The fourth-order valence-electron chi connectivity index (χ4n) is 3.38. The van der Waals surface area contributed by atoms with Crippen LogP contribution in [0.2, 0.25) is 10.0 Å². The summed E-state index contributed by atoms with van der Waals surface area (Å²) in [6, 6.07) is 16.4. The first-order valence-electron chi connectivity index (χ1n) is 10.8. The van der Waals surface area contributed by atoms with Crippen molar-refractivity contribution in [3.8, 4) is 16.9 Å². The molecule has 0 aliphatic rings. The van der Waals surface area contributed by atoms with Crippen LogP contribution < -0.4 is 14.8 Å². The van der Waals surface area contributed by atoms with E-state index in [1.165, 1.54) is 31.4 Å². The van der Waals surface area contributed by atoms with E-state index in [4.69, 9.17) is 27.9 Å². The normalized spacial score (nSPS) is 12.1. The van der Waals surface area contributed by atoms with Gasteiger partial charge in [-0.15, -0.1) is 0 Å². The van der Waals surface area contributed by atoms with Gasteiger partial charge < -0.3 is 15.2 Å². The van der Waals surface area contributed by atoms with Crippen molar-refractivity contribution < 1.29 is 27.9 Å². The van der Waals surface area contributed by atoms with E-state index < -0.39 is 27.9 Å². The number of hydrogen-bond acceptors (Lipinski definition) is 5. The van der Waals surface area contributed by atoms with Crippen molar-refractivity contribution in [2.24, 2.45) is 0 Å². The van der Waals surface area contributed by atoms with Crippen LogP contribution in [0.3, 0.4) is 0 Å². The molecule has 190 valence electrons. The third-order valence-corrected chi connectivity index (χ3v) is 7.22. The zero-order valence-corrected chi connectivity index (χ0v) is 21.5. The second-order valence-corrected chi connectivity index (χ2v) is 10.4. The molecule has 0 bridgehead atoms. The number of ether oxygens (including phenoxy) is 1. The molecule has 0 aliphatic heterocycles. The molecule has 8 nitrogen and oxygen atoms in total. The van der Waals surface area contributed by atoms with Crippen LogP contribution in [0.5, 0.6) is 5.75 Å². The van der Waals surface area contributed by atoms with Gasteiger partial charge in [-0.2, -0.15) is 4.72 Å². The molecule has 3 aromatic rings. The molecule has 3 N–H and O–H groups in total. The average molecular weight is 551 g/mol. The molecule has 0 aromatic heterocycles. The molecule has 1 unspecified atom stereocenters. The van der Waals surface area contributed by atoms with Crippen molar-refractivity contribution in [2.75, 3.05) is 13.7 Å². The van der Waals surface area contributed by atoms with Gasteiger partial charge in [0.25, 0.3) is 5.91 Å². The molecule has 0 heterocycles. The number of sulfonamides is 1. The summed E-state index contributed by atoms with van der Waals surface area (Å²) in [5.41, 5.74) is 1.93. The Bertz CT molecular complexity index is 1330. The highest BCUT2D eigenvalue weighted by Crippen LogP contribution is 2.23. The summed E-state index contributed by atoms with van der Waals surface area (Å²) >= 11 is 11.9. The number of carbonyl (C=O) groups is 2. The summed E-state index contributed by atoms with van der Waals surface area (Å²) in [5.74, 6) is -1.31. The predicted octanol–water partition coefficient (Wildman–Crippen LogP) is 4.61. The minimum Gasteiger partial charge on any atom is -0.497 e. The number of rotatable bonds is 11. The molecule has 0 fully saturated rings. The molecule has 36 heavy (non-hydrogen) atoms. The number of carbonyl (C=O) groups excluding carboxylic acids is 1. The third kappa shape index (κ3) is 7.44. The van der Waals surface area contributed by atoms with Crippen molar-refractivity contribution in [3.63, 3.8) is 0 Å².